The standard InChI is InChI=1S/C30H20N4O3S/c35-28-25(18-20-10-12-21(13-11-20)33-19-31-26-8-4-5-9-27(26)33)29(36)34(30(38)32-28)22-14-16-24(17-15-22)37-23-6-2-1-3-7-23/h1-19H,(H,32,35,38)/b25-18-. The number of hydrogen-bond donors (Lipinski definition) is 1. The lowest BCUT2D eigenvalue weighted by Gasteiger charge is -2.29. The van der Waals surface area contributed by atoms with Gasteiger partial charge in [0.2, 0.25) is 0 Å². The fourth-order valence-electron chi connectivity index (χ4n) is 4.24. The van der Waals surface area contributed by atoms with E-state index < -0.39 is 11.8 Å². The summed E-state index contributed by atoms with van der Waals surface area (Å²) < 4.78 is 7.81. The van der Waals surface area contributed by atoms with Gasteiger partial charge in [-0.2, -0.15) is 0 Å². The molecule has 0 unspecified atom stereocenters. The molecule has 38 heavy (non-hydrogen) atoms. The van der Waals surface area contributed by atoms with Crippen molar-refractivity contribution in [2.45, 2.75) is 0 Å². The average molecular weight is 517 g/mol. The topological polar surface area (TPSA) is 76.5 Å². The van der Waals surface area contributed by atoms with Crippen molar-refractivity contribution in [2.75, 3.05) is 4.90 Å². The van der Waals surface area contributed by atoms with Gasteiger partial charge in [0.25, 0.3) is 11.8 Å². The van der Waals surface area contributed by atoms with Crippen LogP contribution in [0.4, 0.5) is 5.69 Å². The molecule has 1 aliphatic rings. The Hall–Kier alpha value is -5.08. The maximum atomic E-state index is 13.4. The number of fused-ring (bicyclic) bond motifs is 1. The lowest BCUT2D eigenvalue weighted by atomic mass is 10.1. The largest absolute Gasteiger partial charge is 0.457 e. The van der Waals surface area contributed by atoms with Crippen LogP contribution in [0, 0.1) is 0 Å². The Kier molecular flexibility index (Phi) is 5.99. The zero-order valence-corrected chi connectivity index (χ0v) is 20.8. The van der Waals surface area contributed by atoms with Gasteiger partial charge in [0.1, 0.15) is 23.4 Å². The van der Waals surface area contributed by atoms with Crippen molar-refractivity contribution in [3.8, 4) is 17.2 Å². The van der Waals surface area contributed by atoms with Gasteiger partial charge in [0.05, 0.1) is 16.7 Å². The molecule has 1 N–H and O–H groups in total. The molecule has 6 rings (SSSR count). The summed E-state index contributed by atoms with van der Waals surface area (Å²) in [5.41, 5.74) is 4.03. The second-order valence-electron chi connectivity index (χ2n) is 8.56. The number of aromatic nitrogens is 2. The fourth-order valence-corrected chi connectivity index (χ4v) is 4.52. The summed E-state index contributed by atoms with van der Waals surface area (Å²) in [6.45, 7) is 0. The molecule has 1 aromatic heterocycles. The van der Waals surface area contributed by atoms with E-state index in [2.05, 4.69) is 10.3 Å². The first-order valence-electron chi connectivity index (χ1n) is 11.8. The number of hydrogen-bond acceptors (Lipinski definition) is 5. The molecule has 0 atom stereocenters. The molecule has 2 amide bonds. The minimum absolute atomic E-state index is 0.0101. The summed E-state index contributed by atoms with van der Waals surface area (Å²) in [6.07, 6.45) is 3.33. The van der Waals surface area contributed by atoms with E-state index in [4.69, 9.17) is 17.0 Å². The van der Waals surface area contributed by atoms with Crippen molar-refractivity contribution in [1.82, 2.24) is 14.9 Å². The van der Waals surface area contributed by atoms with Crippen molar-refractivity contribution in [2.24, 2.45) is 0 Å². The first-order chi connectivity index (χ1) is 18.6. The highest BCUT2D eigenvalue weighted by Crippen LogP contribution is 2.27. The van der Waals surface area contributed by atoms with E-state index in [0.29, 0.717) is 22.7 Å². The van der Waals surface area contributed by atoms with Crippen molar-refractivity contribution in [3.63, 3.8) is 0 Å². The predicted octanol–water partition coefficient (Wildman–Crippen LogP) is 5.65. The SMILES string of the molecule is O=C1NC(=S)N(c2ccc(Oc3ccccc3)cc2)C(=O)/C1=C\c1ccc(-n2cnc3ccccc32)cc1. The van der Waals surface area contributed by atoms with E-state index >= 15 is 0 Å². The van der Waals surface area contributed by atoms with Crippen LogP contribution in [0.25, 0.3) is 22.8 Å². The smallest absolute Gasteiger partial charge is 0.270 e. The maximum absolute atomic E-state index is 13.4. The number of benzene rings is 4. The highest BCUT2D eigenvalue weighted by Gasteiger charge is 2.34. The number of nitrogens with zero attached hydrogens (tertiary/aromatic N) is 3. The number of thiocarbonyl (C=S) groups is 1. The third kappa shape index (κ3) is 4.44. The Balaban J connectivity index is 1.24. The normalized spacial score (nSPS) is 14.7. The van der Waals surface area contributed by atoms with Crippen LogP contribution in [0.1, 0.15) is 5.56 Å². The molecule has 7 nitrogen and oxygen atoms in total. The summed E-state index contributed by atoms with van der Waals surface area (Å²) in [5.74, 6) is 0.278. The molecule has 1 aliphatic heterocycles. The minimum atomic E-state index is -0.537. The Labute approximate surface area is 223 Å². The van der Waals surface area contributed by atoms with Gasteiger partial charge in [-0.15, -0.1) is 0 Å². The second kappa shape index (κ2) is 9.76. The van der Waals surface area contributed by atoms with Gasteiger partial charge in [-0.3, -0.25) is 24.4 Å². The van der Waals surface area contributed by atoms with Crippen LogP contribution in [0.15, 0.2) is 115 Å². The Morgan fingerprint density at radius 2 is 1.42 bits per heavy atom. The predicted molar refractivity (Wildman–Crippen MR) is 150 cm³/mol. The maximum Gasteiger partial charge on any atom is 0.270 e. The van der Waals surface area contributed by atoms with E-state index in [9.17, 15) is 9.59 Å². The van der Waals surface area contributed by atoms with Crippen molar-refractivity contribution >= 4 is 51.9 Å². The third-order valence-corrected chi connectivity index (χ3v) is 6.40. The van der Waals surface area contributed by atoms with Crippen molar-refractivity contribution < 1.29 is 14.3 Å². The molecular formula is C30H20N4O3S. The number of ether oxygens (including phenoxy) is 1. The van der Waals surface area contributed by atoms with E-state index in [1.165, 1.54) is 4.90 Å². The highest BCUT2D eigenvalue weighted by atomic mass is 32.1. The van der Waals surface area contributed by atoms with Crippen molar-refractivity contribution in [1.29, 1.82) is 0 Å². The number of rotatable bonds is 5. The van der Waals surface area contributed by atoms with Crippen LogP contribution < -0.4 is 15.0 Å². The molecule has 0 bridgehead atoms. The van der Waals surface area contributed by atoms with Crippen LogP contribution in [0.5, 0.6) is 11.5 Å². The Morgan fingerprint density at radius 3 is 2.18 bits per heavy atom. The van der Waals surface area contributed by atoms with E-state index in [0.717, 1.165) is 16.7 Å². The third-order valence-electron chi connectivity index (χ3n) is 6.11. The number of carbonyl (C=O) groups is 2. The van der Waals surface area contributed by atoms with Gasteiger partial charge in [0, 0.05) is 5.69 Å². The van der Waals surface area contributed by atoms with Gasteiger partial charge < -0.3 is 4.74 Å². The molecule has 5 aromatic rings. The van der Waals surface area contributed by atoms with Gasteiger partial charge in [-0.1, -0.05) is 42.5 Å². The zero-order valence-electron chi connectivity index (χ0n) is 19.9. The van der Waals surface area contributed by atoms with Gasteiger partial charge >= 0.3 is 0 Å². The zero-order chi connectivity index (χ0) is 26.1. The molecule has 8 heteroatoms. The minimum Gasteiger partial charge on any atom is -0.457 e. The highest BCUT2D eigenvalue weighted by molar-refractivity contribution is 7.80. The number of imidazole rings is 1. The average Bonchev–Trinajstić information content (AvgIpc) is 3.37. The van der Waals surface area contributed by atoms with Crippen LogP contribution >= 0.6 is 12.2 Å². The first kappa shape index (κ1) is 23.3. The molecule has 2 heterocycles. The van der Waals surface area contributed by atoms with Crippen molar-refractivity contribution in [3.05, 3.63) is 121 Å². The molecule has 0 spiro atoms. The van der Waals surface area contributed by atoms with Gasteiger partial charge in [-0.05, 0) is 84.5 Å². The van der Waals surface area contributed by atoms with Crippen LogP contribution in [-0.4, -0.2) is 26.5 Å². The molecule has 184 valence electrons. The number of para-hydroxylation sites is 3. The lowest BCUT2D eigenvalue weighted by Crippen LogP contribution is -2.54. The summed E-state index contributed by atoms with van der Waals surface area (Å²) in [4.78, 5) is 31.8. The van der Waals surface area contributed by atoms with E-state index in [1.54, 1.807) is 36.7 Å². The number of anilines is 1. The van der Waals surface area contributed by atoms with E-state index in [-0.39, 0.29) is 10.7 Å². The molecule has 0 aliphatic carbocycles. The number of nitrogens with one attached hydrogen (secondary N) is 1. The quantitative estimate of drug-likeness (QED) is 0.186. The molecule has 1 saturated heterocycles. The summed E-state index contributed by atoms with van der Waals surface area (Å²) >= 11 is 5.33. The van der Waals surface area contributed by atoms with Crippen LogP contribution in [0.2, 0.25) is 0 Å². The second-order valence-corrected chi connectivity index (χ2v) is 8.95. The monoisotopic (exact) mass is 516 g/mol. The molecule has 4 aromatic carbocycles. The van der Waals surface area contributed by atoms with E-state index in [1.807, 2.05) is 83.4 Å². The first-order valence-corrected chi connectivity index (χ1v) is 12.2. The summed E-state index contributed by atoms with van der Waals surface area (Å²) in [6, 6.07) is 31.7. The molecular weight excluding hydrogens is 496 g/mol. The number of carbonyl (C=O) groups excluding carboxylic acids is 2. The van der Waals surface area contributed by atoms with Gasteiger partial charge in [0.15, 0.2) is 5.11 Å². The van der Waals surface area contributed by atoms with Crippen LogP contribution in [0.3, 0.4) is 0 Å². The summed E-state index contributed by atoms with van der Waals surface area (Å²) in [5, 5.41) is 2.65. The fraction of sp³-hybridized carbons (Fsp3) is 0. The molecule has 1 fully saturated rings. The van der Waals surface area contributed by atoms with Crippen LogP contribution in [-0.2, 0) is 9.59 Å². The molecule has 0 saturated carbocycles. The number of amides is 2. The Morgan fingerprint density at radius 1 is 0.763 bits per heavy atom. The Bertz CT molecular complexity index is 1710. The molecule has 0 radical (unpaired) electrons. The lowest BCUT2D eigenvalue weighted by molar-refractivity contribution is -0.122. The van der Waals surface area contributed by atoms with Gasteiger partial charge in [-0.25, -0.2) is 4.98 Å². The summed E-state index contributed by atoms with van der Waals surface area (Å²) in [7, 11) is 0.